The van der Waals surface area contributed by atoms with E-state index < -0.39 is 17.7 Å². The number of ether oxygens (including phenoxy) is 1. The van der Waals surface area contributed by atoms with Crippen molar-refractivity contribution in [2.24, 2.45) is 0 Å². The normalized spacial score (nSPS) is 16.8. The number of halogens is 1. The quantitative estimate of drug-likeness (QED) is 0.175. The van der Waals surface area contributed by atoms with Crippen molar-refractivity contribution in [2.45, 2.75) is 26.1 Å². The lowest BCUT2D eigenvalue weighted by Gasteiger charge is -2.24. The molecule has 4 aromatic rings. The van der Waals surface area contributed by atoms with Gasteiger partial charge in [-0.25, -0.2) is 0 Å². The molecule has 0 bridgehead atoms. The lowest BCUT2D eigenvalue weighted by Crippen LogP contribution is -2.29. The summed E-state index contributed by atoms with van der Waals surface area (Å²) in [5, 5.41) is 11.8. The van der Waals surface area contributed by atoms with E-state index in [2.05, 4.69) is 6.07 Å². The molecule has 186 valence electrons. The highest BCUT2D eigenvalue weighted by molar-refractivity contribution is 6.46. The molecule has 0 aliphatic carbocycles. The minimum Gasteiger partial charge on any atom is -0.507 e. The van der Waals surface area contributed by atoms with Gasteiger partial charge in [-0.2, -0.15) is 0 Å². The van der Waals surface area contributed by atoms with Crippen LogP contribution >= 0.6 is 11.6 Å². The largest absolute Gasteiger partial charge is 0.507 e. The van der Waals surface area contributed by atoms with Gasteiger partial charge in [-0.3, -0.25) is 9.59 Å². The Balaban J connectivity index is 1.46. The molecule has 0 saturated carbocycles. The van der Waals surface area contributed by atoms with Crippen LogP contribution in [-0.4, -0.2) is 21.7 Å². The first-order chi connectivity index (χ1) is 17.9. The van der Waals surface area contributed by atoms with Gasteiger partial charge >= 0.3 is 0 Å². The van der Waals surface area contributed by atoms with E-state index in [1.54, 1.807) is 60.7 Å². The van der Waals surface area contributed by atoms with Gasteiger partial charge in [-0.15, -0.1) is 0 Å². The number of carbonyl (C=O) groups is 2. The molecule has 1 aliphatic rings. The minimum atomic E-state index is -0.806. The summed E-state index contributed by atoms with van der Waals surface area (Å²) in [6.45, 7) is 2.51. The highest BCUT2D eigenvalue weighted by Crippen LogP contribution is 2.40. The second-order valence-electron chi connectivity index (χ2n) is 8.86. The second-order valence-corrected chi connectivity index (χ2v) is 9.30. The molecule has 1 N–H and O–H groups in total. The van der Waals surface area contributed by atoms with E-state index in [1.165, 1.54) is 11.2 Å². The fourth-order valence-corrected chi connectivity index (χ4v) is 4.56. The Hall–Kier alpha value is -4.29. The van der Waals surface area contributed by atoms with Crippen LogP contribution in [0.5, 0.6) is 5.75 Å². The van der Waals surface area contributed by atoms with Crippen LogP contribution in [0.15, 0.2) is 101 Å². The molecule has 0 radical (unpaired) electrons. The van der Waals surface area contributed by atoms with Crippen LogP contribution in [0.3, 0.4) is 0 Å². The highest BCUT2D eigenvalue weighted by atomic mass is 35.5. The Morgan fingerprint density at radius 3 is 2.43 bits per heavy atom. The van der Waals surface area contributed by atoms with Gasteiger partial charge in [0.05, 0.1) is 24.4 Å². The van der Waals surface area contributed by atoms with E-state index in [0.29, 0.717) is 34.3 Å². The summed E-state index contributed by atoms with van der Waals surface area (Å²) in [4.78, 5) is 27.6. The van der Waals surface area contributed by atoms with Gasteiger partial charge in [0.15, 0.2) is 0 Å². The van der Waals surface area contributed by atoms with E-state index in [1.807, 2.05) is 25.1 Å². The summed E-state index contributed by atoms with van der Waals surface area (Å²) >= 11 is 6.07. The van der Waals surface area contributed by atoms with Crippen LogP contribution in [0.25, 0.3) is 5.76 Å². The molecule has 1 saturated heterocycles. The standard InChI is InChI=1S/C30H24ClNO5/c1-19-4-2-5-20(16-19)18-37-24-13-9-22(10-14-24)28(33)26-27(21-7-11-23(31)12-8-21)32(30(35)29(26)34)17-25-6-3-15-36-25/h2-16,27,33H,17-18H2,1H3. The van der Waals surface area contributed by atoms with Crippen molar-refractivity contribution in [2.75, 3.05) is 0 Å². The van der Waals surface area contributed by atoms with Crippen molar-refractivity contribution >= 4 is 29.1 Å². The van der Waals surface area contributed by atoms with Crippen molar-refractivity contribution in [3.63, 3.8) is 0 Å². The molecule has 0 spiro atoms. The number of benzene rings is 3. The average molecular weight is 514 g/mol. The average Bonchev–Trinajstić information content (AvgIpc) is 3.50. The van der Waals surface area contributed by atoms with E-state index in [9.17, 15) is 14.7 Å². The smallest absolute Gasteiger partial charge is 0.296 e. The molecule has 1 aromatic heterocycles. The fourth-order valence-electron chi connectivity index (χ4n) is 4.44. The number of nitrogens with zero attached hydrogens (tertiary/aromatic N) is 1. The number of aliphatic hydroxyl groups is 1. The third kappa shape index (κ3) is 5.15. The molecule has 1 unspecified atom stereocenters. The summed E-state index contributed by atoms with van der Waals surface area (Å²) in [5.41, 5.74) is 3.26. The number of furan rings is 1. The number of aryl methyl sites for hydroxylation is 1. The number of aliphatic hydroxyl groups excluding tert-OH is 1. The summed E-state index contributed by atoms with van der Waals surface area (Å²) in [5.74, 6) is -0.591. The fraction of sp³-hybridized carbons (Fsp3) is 0.133. The molecule has 1 aliphatic heterocycles. The molecular formula is C30H24ClNO5. The van der Waals surface area contributed by atoms with Crippen LogP contribution in [0.1, 0.15) is 34.1 Å². The molecule has 7 heteroatoms. The predicted octanol–water partition coefficient (Wildman–Crippen LogP) is 6.44. The van der Waals surface area contributed by atoms with Crippen molar-refractivity contribution in [3.8, 4) is 5.75 Å². The molecule has 1 amide bonds. The number of hydrogen-bond donors (Lipinski definition) is 1. The zero-order chi connectivity index (χ0) is 25.9. The predicted molar refractivity (Wildman–Crippen MR) is 140 cm³/mol. The highest BCUT2D eigenvalue weighted by Gasteiger charge is 2.46. The first-order valence-corrected chi connectivity index (χ1v) is 12.1. The molecule has 5 rings (SSSR count). The van der Waals surface area contributed by atoms with Gasteiger partial charge < -0.3 is 19.2 Å². The third-order valence-corrected chi connectivity index (χ3v) is 6.50. The summed E-state index contributed by atoms with van der Waals surface area (Å²) in [7, 11) is 0. The Morgan fingerprint density at radius 2 is 1.76 bits per heavy atom. The SMILES string of the molecule is Cc1cccc(COc2ccc(C(O)=C3C(=O)C(=O)N(Cc4ccco4)C3c3ccc(Cl)cc3)cc2)c1. The Morgan fingerprint density at radius 1 is 1.00 bits per heavy atom. The molecule has 2 heterocycles. The van der Waals surface area contributed by atoms with Crippen LogP contribution in [0, 0.1) is 6.92 Å². The van der Waals surface area contributed by atoms with Gasteiger partial charge in [-0.1, -0.05) is 53.6 Å². The van der Waals surface area contributed by atoms with Crippen LogP contribution in [0.2, 0.25) is 5.02 Å². The van der Waals surface area contributed by atoms with Crippen molar-refractivity contribution in [3.05, 3.63) is 130 Å². The van der Waals surface area contributed by atoms with Gasteiger partial charge in [0.2, 0.25) is 0 Å². The monoisotopic (exact) mass is 513 g/mol. The minimum absolute atomic E-state index is 0.00677. The van der Waals surface area contributed by atoms with E-state index in [4.69, 9.17) is 20.8 Å². The van der Waals surface area contributed by atoms with Crippen molar-refractivity contribution < 1.29 is 23.8 Å². The number of hydrogen-bond acceptors (Lipinski definition) is 5. The number of amides is 1. The van der Waals surface area contributed by atoms with E-state index >= 15 is 0 Å². The molecular weight excluding hydrogens is 490 g/mol. The van der Waals surface area contributed by atoms with Gasteiger partial charge in [0.1, 0.15) is 23.9 Å². The molecule has 37 heavy (non-hydrogen) atoms. The maximum absolute atomic E-state index is 13.2. The summed E-state index contributed by atoms with van der Waals surface area (Å²) < 4.78 is 11.3. The van der Waals surface area contributed by atoms with E-state index in [-0.39, 0.29) is 17.9 Å². The van der Waals surface area contributed by atoms with E-state index in [0.717, 1.165) is 11.1 Å². The molecule has 3 aromatic carbocycles. The Labute approximate surface area is 219 Å². The van der Waals surface area contributed by atoms with Gasteiger partial charge in [-0.05, 0) is 66.6 Å². The maximum Gasteiger partial charge on any atom is 0.296 e. The number of carbonyl (C=O) groups excluding carboxylic acids is 2. The van der Waals surface area contributed by atoms with Crippen molar-refractivity contribution in [1.82, 2.24) is 4.90 Å². The number of rotatable bonds is 7. The lowest BCUT2D eigenvalue weighted by molar-refractivity contribution is -0.140. The van der Waals surface area contributed by atoms with Crippen LogP contribution in [0.4, 0.5) is 0 Å². The van der Waals surface area contributed by atoms with Gasteiger partial charge in [0, 0.05) is 10.6 Å². The maximum atomic E-state index is 13.2. The third-order valence-electron chi connectivity index (χ3n) is 6.25. The second kappa shape index (κ2) is 10.4. The molecule has 6 nitrogen and oxygen atoms in total. The number of ketones is 1. The van der Waals surface area contributed by atoms with Crippen LogP contribution < -0.4 is 4.74 Å². The lowest BCUT2D eigenvalue weighted by atomic mass is 9.95. The topological polar surface area (TPSA) is 80.0 Å². The summed E-state index contributed by atoms with van der Waals surface area (Å²) in [6.07, 6.45) is 1.51. The first-order valence-electron chi connectivity index (χ1n) is 11.8. The number of Topliss-reactive ketones (excluding diaryl/α,β-unsaturated/α-hetero) is 1. The van der Waals surface area contributed by atoms with Crippen LogP contribution in [-0.2, 0) is 22.7 Å². The summed E-state index contributed by atoms with van der Waals surface area (Å²) in [6, 6.07) is 24.3. The molecule has 1 fully saturated rings. The Kier molecular flexibility index (Phi) is 6.84. The first kappa shape index (κ1) is 24.4. The number of likely N-dealkylation sites (tertiary alicyclic amines) is 1. The Bertz CT molecular complexity index is 1460. The molecule has 1 atom stereocenters. The van der Waals surface area contributed by atoms with Crippen molar-refractivity contribution in [1.29, 1.82) is 0 Å². The zero-order valence-corrected chi connectivity index (χ0v) is 20.8. The zero-order valence-electron chi connectivity index (χ0n) is 20.1. The van der Waals surface area contributed by atoms with Gasteiger partial charge in [0.25, 0.3) is 11.7 Å².